The molecule has 62 heavy (non-hydrogen) atoms. The lowest BCUT2D eigenvalue weighted by Gasteiger charge is -2.39. The molecule has 1 rings (SSSR count). The van der Waals surface area contributed by atoms with Gasteiger partial charge in [-0.2, -0.15) is 0 Å². The molecule has 0 amide bonds. The van der Waals surface area contributed by atoms with Crippen LogP contribution in [0.15, 0.2) is 24.3 Å². The largest absolute Gasteiger partial charge is 0.462 e. The van der Waals surface area contributed by atoms with E-state index in [4.69, 9.17) is 18.9 Å². The monoisotopic (exact) mass is 881 g/mol. The summed E-state index contributed by atoms with van der Waals surface area (Å²) in [7, 11) is 0. The van der Waals surface area contributed by atoms with Gasteiger partial charge >= 0.3 is 11.9 Å². The van der Waals surface area contributed by atoms with E-state index in [1.165, 1.54) is 148 Å². The lowest BCUT2D eigenvalue weighted by atomic mass is 9.99. The molecule has 364 valence electrons. The van der Waals surface area contributed by atoms with E-state index < -0.39 is 49.4 Å². The van der Waals surface area contributed by atoms with Gasteiger partial charge in [0.05, 0.1) is 13.2 Å². The first-order chi connectivity index (χ1) is 30.3. The van der Waals surface area contributed by atoms with Crippen molar-refractivity contribution < 1.29 is 49.0 Å². The van der Waals surface area contributed by atoms with Crippen LogP contribution in [0, 0.1) is 0 Å². The molecule has 0 aliphatic carbocycles. The Morgan fingerprint density at radius 2 is 0.903 bits per heavy atom. The fraction of sp³-hybridized carbons (Fsp3) is 0.885. The summed E-state index contributed by atoms with van der Waals surface area (Å²) < 4.78 is 22.2. The van der Waals surface area contributed by atoms with E-state index >= 15 is 0 Å². The predicted molar refractivity (Wildman–Crippen MR) is 252 cm³/mol. The van der Waals surface area contributed by atoms with Gasteiger partial charge in [-0.3, -0.25) is 9.59 Å². The summed E-state index contributed by atoms with van der Waals surface area (Å²) in [6, 6.07) is 0. The van der Waals surface area contributed by atoms with Crippen LogP contribution in [0.5, 0.6) is 0 Å². The van der Waals surface area contributed by atoms with Gasteiger partial charge in [0.1, 0.15) is 31.0 Å². The number of hydrogen-bond donors (Lipinski definition) is 4. The fourth-order valence-electron chi connectivity index (χ4n) is 7.99. The smallest absolute Gasteiger partial charge is 0.306 e. The molecule has 0 aromatic carbocycles. The van der Waals surface area contributed by atoms with Gasteiger partial charge in [0.2, 0.25) is 0 Å². The predicted octanol–water partition coefficient (Wildman–Crippen LogP) is 12.1. The second-order valence-corrected chi connectivity index (χ2v) is 18.0. The van der Waals surface area contributed by atoms with Crippen molar-refractivity contribution in [3.05, 3.63) is 24.3 Å². The van der Waals surface area contributed by atoms with E-state index in [0.717, 1.165) is 57.8 Å². The molecule has 10 nitrogen and oxygen atoms in total. The van der Waals surface area contributed by atoms with E-state index in [2.05, 4.69) is 38.2 Å². The zero-order chi connectivity index (χ0) is 45.1. The van der Waals surface area contributed by atoms with Crippen molar-refractivity contribution in [2.24, 2.45) is 0 Å². The molecule has 0 spiro atoms. The van der Waals surface area contributed by atoms with Crippen molar-refractivity contribution in [3.8, 4) is 0 Å². The maximum Gasteiger partial charge on any atom is 0.306 e. The average Bonchev–Trinajstić information content (AvgIpc) is 3.27. The zero-order valence-electron chi connectivity index (χ0n) is 39.9. The molecule has 1 aliphatic rings. The zero-order valence-corrected chi connectivity index (χ0v) is 39.9. The number of carbonyl (C=O) groups is 2. The topological polar surface area (TPSA) is 152 Å². The first-order valence-electron chi connectivity index (χ1n) is 25.9. The highest BCUT2D eigenvalue weighted by Gasteiger charge is 2.44. The second kappa shape index (κ2) is 43.1. The van der Waals surface area contributed by atoms with E-state index in [0.29, 0.717) is 6.42 Å². The van der Waals surface area contributed by atoms with E-state index in [1.54, 1.807) is 0 Å². The molecule has 0 aromatic heterocycles. The van der Waals surface area contributed by atoms with Gasteiger partial charge in [-0.15, -0.1) is 0 Å². The third-order valence-electron chi connectivity index (χ3n) is 12.1. The maximum atomic E-state index is 12.8. The van der Waals surface area contributed by atoms with Crippen LogP contribution in [0.25, 0.3) is 0 Å². The molecule has 4 N–H and O–H groups in total. The van der Waals surface area contributed by atoms with Gasteiger partial charge in [0.25, 0.3) is 0 Å². The Hall–Kier alpha value is -1.82. The van der Waals surface area contributed by atoms with Crippen molar-refractivity contribution in [2.75, 3.05) is 19.8 Å². The minimum Gasteiger partial charge on any atom is -0.462 e. The number of allylic oxidation sites excluding steroid dienone is 4. The van der Waals surface area contributed by atoms with Gasteiger partial charge in [0, 0.05) is 12.8 Å². The van der Waals surface area contributed by atoms with Crippen LogP contribution < -0.4 is 0 Å². The fourth-order valence-corrected chi connectivity index (χ4v) is 7.99. The molecule has 1 saturated heterocycles. The van der Waals surface area contributed by atoms with E-state index in [1.807, 2.05) is 0 Å². The van der Waals surface area contributed by atoms with Crippen molar-refractivity contribution in [3.63, 3.8) is 0 Å². The van der Waals surface area contributed by atoms with Gasteiger partial charge in [-0.1, -0.05) is 205 Å². The number of esters is 2. The van der Waals surface area contributed by atoms with Gasteiger partial charge < -0.3 is 39.4 Å². The Bertz CT molecular complexity index is 1060. The SMILES string of the molecule is CCCCC/C=C/C/C=C/CCCCCCCC(=O)O[C@@H](COC(=O)CCCCCCCCCCCCCCCCCCCCCCCC)CO[C@H]1O[C@@H](CO)[C@@H](O)C(O)C1O. The minimum absolute atomic E-state index is 0.217. The highest BCUT2D eigenvalue weighted by molar-refractivity contribution is 5.70. The Kier molecular flexibility index (Phi) is 40.4. The highest BCUT2D eigenvalue weighted by Crippen LogP contribution is 2.23. The summed E-state index contributed by atoms with van der Waals surface area (Å²) in [6.45, 7) is 3.42. The van der Waals surface area contributed by atoms with Gasteiger partial charge in [-0.25, -0.2) is 0 Å². The third kappa shape index (κ3) is 33.7. The number of rotatable bonds is 44. The summed E-state index contributed by atoms with van der Waals surface area (Å²) in [6.07, 6.45) is 41.9. The number of aliphatic hydroxyl groups is 4. The van der Waals surface area contributed by atoms with Crippen LogP contribution in [0.3, 0.4) is 0 Å². The van der Waals surface area contributed by atoms with Gasteiger partial charge in [0.15, 0.2) is 12.4 Å². The van der Waals surface area contributed by atoms with Crippen LogP contribution in [-0.4, -0.2) is 89.0 Å². The summed E-state index contributed by atoms with van der Waals surface area (Å²) in [5.41, 5.74) is 0. The second-order valence-electron chi connectivity index (χ2n) is 18.0. The molecular formula is C52H96O10. The lowest BCUT2D eigenvalue weighted by molar-refractivity contribution is -0.305. The molecule has 2 unspecified atom stereocenters. The Balaban J connectivity index is 2.23. The summed E-state index contributed by atoms with van der Waals surface area (Å²) in [5.74, 6) is -0.811. The summed E-state index contributed by atoms with van der Waals surface area (Å²) in [5, 5.41) is 40.2. The van der Waals surface area contributed by atoms with Gasteiger partial charge in [-0.05, 0) is 44.9 Å². The van der Waals surface area contributed by atoms with Crippen LogP contribution >= 0.6 is 0 Å². The standard InChI is InChI=1S/C52H96O10/c1-3-5-7-9-11-13-15-17-19-20-21-22-23-24-25-27-28-30-32-34-36-38-40-47(54)59-43-45(44-60-52-51(58)50(57)49(56)46(42-53)62-52)61-48(55)41-39-37-35-33-31-29-26-18-16-14-12-10-8-6-4-2/h12,14,18,26,45-46,49-53,56-58H,3-11,13,15-17,19-25,27-44H2,1-2H3/b14-12+,26-18+/t45-,46-,49+,50?,51?,52-/m0/s1. The molecule has 0 bridgehead atoms. The molecular weight excluding hydrogens is 785 g/mol. The maximum absolute atomic E-state index is 12.8. The van der Waals surface area contributed by atoms with Crippen LogP contribution in [0.2, 0.25) is 0 Å². The molecule has 0 aromatic rings. The van der Waals surface area contributed by atoms with Crippen molar-refractivity contribution >= 4 is 11.9 Å². The van der Waals surface area contributed by atoms with Crippen molar-refractivity contribution in [2.45, 2.75) is 275 Å². The quantitative estimate of drug-likeness (QED) is 0.0264. The Morgan fingerprint density at radius 1 is 0.500 bits per heavy atom. The van der Waals surface area contributed by atoms with Crippen LogP contribution in [0.1, 0.15) is 239 Å². The number of aliphatic hydroxyl groups excluding tert-OH is 4. The number of ether oxygens (including phenoxy) is 4. The molecule has 10 heteroatoms. The van der Waals surface area contributed by atoms with Crippen molar-refractivity contribution in [1.82, 2.24) is 0 Å². The van der Waals surface area contributed by atoms with Crippen molar-refractivity contribution in [1.29, 1.82) is 0 Å². The third-order valence-corrected chi connectivity index (χ3v) is 12.1. The number of hydrogen-bond acceptors (Lipinski definition) is 10. The van der Waals surface area contributed by atoms with E-state index in [9.17, 15) is 30.0 Å². The number of unbranched alkanes of at least 4 members (excludes halogenated alkanes) is 29. The van der Waals surface area contributed by atoms with E-state index in [-0.39, 0.29) is 32.0 Å². The summed E-state index contributed by atoms with van der Waals surface area (Å²) in [4.78, 5) is 25.4. The lowest BCUT2D eigenvalue weighted by Crippen LogP contribution is -2.59. The normalized spacial score (nSPS) is 19.7. The number of carbonyl (C=O) groups excluding carboxylic acids is 2. The Labute approximate surface area is 379 Å². The highest BCUT2D eigenvalue weighted by atomic mass is 16.7. The molecule has 0 saturated carbocycles. The molecule has 1 fully saturated rings. The Morgan fingerprint density at radius 3 is 1.37 bits per heavy atom. The summed E-state index contributed by atoms with van der Waals surface area (Å²) >= 11 is 0. The molecule has 1 aliphatic heterocycles. The van der Waals surface area contributed by atoms with Crippen LogP contribution in [-0.2, 0) is 28.5 Å². The first kappa shape index (κ1) is 58.2. The van der Waals surface area contributed by atoms with Crippen LogP contribution in [0.4, 0.5) is 0 Å². The average molecular weight is 881 g/mol. The molecule has 0 radical (unpaired) electrons. The molecule has 1 heterocycles. The minimum atomic E-state index is -1.60. The first-order valence-corrected chi connectivity index (χ1v) is 25.9. The molecule has 6 atom stereocenters.